The van der Waals surface area contributed by atoms with Gasteiger partial charge in [-0.1, -0.05) is 97.9 Å². The van der Waals surface area contributed by atoms with E-state index in [1.807, 2.05) is 18.2 Å². The first kappa shape index (κ1) is 38.0. The first-order valence-electron chi connectivity index (χ1n) is 18.3. The number of ether oxygens (including phenoxy) is 2. The van der Waals surface area contributed by atoms with Crippen LogP contribution in [0.4, 0.5) is 0 Å². The largest absolute Gasteiger partial charge is 0.350 e. The van der Waals surface area contributed by atoms with E-state index < -0.39 is 0 Å². The van der Waals surface area contributed by atoms with E-state index in [2.05, 4.69) is 107 Å². The molecule has 5 heteroatoms. The van der Waals surface area contributed by atoms with Crippen LogP contribution in [0.15, 0.2) is 54.6 Å². The number of rotatable bonds is 10. The summed E-state index contributed by atoms with van der Waals surface area (Å²) >= 11 is 0. The van der Waals surface area contributed by atoms with Gasteiger partial charge in [0.25, 0.3) is 0 Å². The van der Waals surface area contributed by atoms with Crippen LogP contribution in [0.3, 0.4) is 0 Å². The number of aromatic amines is 1. The zero-order chi connectivity index (χ0) is 33.3. The number of benzene rings is 2. The van der Waals surface area contributed by atoms with Crippen molar-refractivity contribution in [3.8, 4) is 0 Å². The zero-order valence-electron chi connectivity index (χ0n) is 30.5. The average Bonchev–Trinajstić information content (AvgIpc) is 3.83. The van der Waals surface area contributed by atoms with E-state index >= 15 is 0 Å². The van der Waals surface area contributed by atoms with Gasteiger partial charge in [0.2, 0.25) is 0 Å². The molecule has 0 atom stereocenters. The predicted octanol–water partition coefficient (Wildman–Crippen LogP) is 10.4. The SMILES string of the molecule is CC(C)CC1OCCO1.CC(C)CCC1=CCc2ccccc21.CC(C)CCN1CCCC1.CC(C)Cc1nc2ccccc2[nH]1. The van der Waals surface area contributed by atoms with Crippen molar-refractivity contribution in [2.24, 2.45) is 23.7 Å². The number of para-hydroxylation sites is 2. The summed E-state index contributed by atoms with van der Waals surface area (Å²) in [6, 6.07) is 16.9. The predicted molar refractivity (Wildman–Crippen MR) is 197 cm³/mol. The lowest BCUT2D eigenvalue weighted by Crippen LogP contribution is -2.21. The highest BCUT2D eigenvalue weighted by atomic mass is 16.7. The van der Waals surface area contributed by atoms with Gasteiger partial charge in [0.15, 0.2) is 6.29 Å². The third-order valence-electron chi connectivity index (χ3n) is 8.54. The van der Waals surface area contributed by atoms with Crippen LogP contribution in [0.1, 0.15) is 111 Å². The van der Waals surface area contributed by atoms with Crippen molar-refractivity contribution in [1.29, 1.82) is 0 Å². The average molecular weight is 632 g/mol. The quantitative estimate of drug-likeness (QED) is 0.242. The van der Waals surface area contributed by atoms with Crippen molar-refractivity contribution in [1.82, 2.24) is 14.9 Å². The monoisotopic (exact) mass is 632 g/mol. The molecular weight excluding hydrogens is 566 g/mol. The van der Waals surface area contributed by atoms with Gasteiger partial charge in [0.05, 0.1) is 24.2 Å². The number of allylic oxidation sites excluding steroid dienone is 2. The molecule has 1 aliphatic carbocycles. The Morgan fingerprint density at radius 1 is 0.783 bits per heavy atom. The van der Waals surface area contributed by atoms with Gasteiger partial charge in [0, 0.05) is 12.8 Å². The second-order valence-corrected chi connectivity index (χ2v) is 14.9. The minimum atomic E-state index is 0.0880. The maximum atomic E-state index is 5.24. The van der Waals surface area contributed by atoms with Gasteiger partial charge in [-0.3, -0.25) is 0 Å². The third-order valence-corrected chi connectivity index (χ3v) is 8.54. The Hall–Kier alpha value is -2.47. The van der Waals surface area contributed by atoms with E-state index in [0.29, 0.717) is 11.8 Å². The number of H-pyrrole nitrogens is 1. The molecule has 0 radical (unpaired) electrons. The third kappa shape index (κ3) is 14.5. The lowest BCUT2D eigenvalue weighted by atomic mass is 9.98. The fourth-order valence-corrected chi connectivity index (χ4v) is 5.90. The molecule has 0 bridgehead atoms. The van der Waals surface area contributed by atoms with Crippen LogP contribution in [0.25, 0.3) is 16.6 Å². The molecule has 3 heterocycles. The highest BCUT2D eigenvalue weighted by Gasteiger charge is 2.16. The molecule has 6 rings (SSSR count). The number of nitrogens with one attached hydrogen (secondary N) is 1. The molecule has 2 saturated heterocycles. The van der Waals surface area contributed by atoms with Crippen molar-refractivity contribution in [3.63, 3.8) is 0 Å². The summed E-state index contributed by atoms with van der Waals surface area (Å²) in [5.41, 5.74) is 6.77. The van der Waals surface area contributed by atoms with Crippen LogP contribution in [0.2, 0.25) is 0 Å². The van der Waals surface area contributed by atoms with Crippen molar-refractivity contribution in [3.05, 3.63) is 71.6 Å². The van der Waals surface area contributed by atoms with Crippen molar-refractivity contribution in [2.45, 2.75) is 113 Å². The van der Waals surface area contributed by atoms with Crippen LogP contribution in [0, 0.1) is 23.7 Å². The summed E-state index contributed by atoms with van der Waals surface area (Å²) in [7, 11) is 0. The maximum absolute atomic E-state index is 5.24. The van der Waals surface area contributed by atoms with Crippen molar-refractivity contribution >= 4 is 16.6 Å². The van der Waals surface area contributed by atoms with Crippen molar-refractivity contribution < 1.29 is 9.47 Å². The minimum Gasteiger partial charge on any atom is -0.350 e. The highest BCUT2D eigenvalue weighted by Crippen LogP contribution is 2.31. The zero-order valence-corrected chi connectivity index (χ0v) is 30.5. The van der Waals surface area contributed by atoms with Crippen molar-refractivity contribution in [2.75, 3.05) is 32.8 Å². The molecule has 1 N–H and O–H groups in total. The van der Waals surface area contributed by atoms with Gasteiger partial charge in [0.1, 0.15) is 5.82 Å². The van der Waals surface area contributed by atoms with Gasteiger partial charge in [-0.25, -0.2) is 4.98 Å². The summed E-state index contributed by atoms with van der Waals surface area (Å²) in [6.45, 7) is 23.5. The van der Waals surface area contributed by atoms with Crippen LogP contribution < -0.4 is 0 Å². The number of likely N-dealkylation sites (tertiary alicyclic amines) is 1. The lowest BCUT2D eigenvalue weighted by molar-refractivity contribution is -0.0541. The second-order valence-electron chi connectivity index (χ2n) is 14.9. The van der Waals surface area contributed by atoms with Crippen LogP contribution >= 0.6 is 0 Å². The molecule has 0 saturated carbocycles. The number of fused-ring (bicyclic) bond motifs is 2. The number of aromatic nitrogens is 2. The minimum absolute atomic E-state index is 0.0880. The first-order valence-corrected chi connectivity index (χ1v) is 18.3. The first-order chi connectivity index (χ1) is 22.1. The molecule has 2 fully saturated rings. The fraction of sp³-hybridized carbons (Fsp3) is 0.634. The Morgan fingerprint density at radius 3 is 2.07 bits per heavy atom. The Kier molecular flexibility index (Phi) is 17.1. The number of nitrogens with zero attached hydrogens (tertiary/aromatic N) is 2. The van der Waals surface area contributed by atoms with Gasteiger partial charge in [-0.05, 0) is 111 Å². The van der Waals surface area contributed by atoms with Crippen LogP contribution in [-0.4, -0.2) is 54.0 Å². The van der Waals surface area contributed by atoms with E-state index in [1.165, 1.54) is 62.9 Å². The summed E-state index contributed by atoms with van der Waals surface area (Å²) in [6.07, 6.45) is 12.5. The summed E-state index contributed by atoms with van der Waals surface area (Å²) in [4.78, 5) is 10.4. The fourth-order valence-electron chi connectivity index (χ4n) is 5.90. The van der Waals surface area contributed by atoms with Gasteiger partial charge < -0.3 is 19.4 Å². The molecule has 2 aliphatic heterocycles. The van der Waals surface area contributed by atoms with E-state index in [1.54, 1.807) is 5.57 Å². The summed E-state index contributed by atoms with van der Waals surface area (Å²) in [5.74, 6) is 4.11. The molecule has 256 valence electrons. The molecule has 0 spiro atoms. The Bertz CT molecular complexity index is 1230. The highest BCUT2D eigenvalue weighted by molar-refractivity contribution is 5.74. The lowest BCUT2D eigenvalue weighted by Gasteiger charge is -2.15. The summed E-state index contributed by atoms with van der Waals surface area (Å²) in [5, 5.41) is 0. The Morgan fingerprint density at radius 2 is 1.43 bits per heavy atom. The number of hydrogen-bond acceptors (Lipinski definition) is 4. The van der Waals surface area contributed by atoms with E-state index in [4.69, 9.17) is 9.47 Å². The van der Waals surface area contributed by atoms with E-state index in [0.717, 1.165) is 61.2 Å². The summed E-state index contributed by atoms with van der Waals surface area (Å²) < 4.78 is 10.5. The molecule has 46 heavy (non-hydrogen) atoms. The smallest absolute Gasteiger partial charge is 0.158 e. The molecule has 0 unspecified atom stereocenters. The molecular formula is C41H65N3O2. The van der Waals surface area contributed by atoms with Crippen LogP contribution in [0.5, 0.6) is 0 Å². The van der Waals surface area contributed by atoms with E-state index in [9.17, 15) is 0 Å². The number of hydrogen-bond donors (Lipinski definition) is 1. The molecule has 1 aromatic heterocycles. The van der Waals surface area contributed by atoms with Crippen LogP contribution in [-0.2, 0) is 22.3 Å². The topological polar surface area (TPSA) is 50.4 Å². The Balaban J connectivity index is 0.000000170. The van der Waals surface area contributed by atoms with Gasteiger partial charge in [-0.15, -0.1) is 0 Å². The standard InChI is InChI=1S/C14H18.C11H14N2.C9H19N.C7H14O2/c1-11(2)7-8-13-10-9-12-5-3-4-6-14(12)13;1-8(2)7-11-12-9-5-3-4-6-10(9)13-11;1-9(2)5-8-10-6-3-4-7-10;1-6(2)5-7-8-3-4-9-7/h3-6,10-11H,7-9H2,1-2H3;3-6,8H,7H2,1-2H3,(H,12,13);9H,3-8H2,1-2H3;6-7H,3-5H2,1-2H3. The maximum Gasteiger partial charge on any atom is 0.158 e. The second kappa shape index (κ2) is 20.7. The molecule has 0 amide bonds. The van der Waals surface area contributed by atoms with Gasteiger partial charge in [-0.2, -0.15) is 0 Å². The molecule has 3 aromatic rings. The molecule has 5 nitrogen and oxygen atoms in total. The Labute approximate surface area is 281 Å². The normalized spacial score (nSPS) is 16.3. The number of imidazole rings is 1. The molecule has 2 aromatic carbocycles. The van der Waals surface area contributed by atoms with E-state index in [-0.39, 0.29) is 6.29 Å². The molecule has 3 aliphatic rings. The van der Waals surface area contributed by atoms with Gasteiger partial charge >= 0.3 is 0 Å².